The summed E-state index contributed by atoms with van der Waals surface area (Å²) in [5.41, 5.74) is 2.33. The van der Waals surface area contributed by atoms with E-state index in [1.54, 1.807) is 54.9 Å². The molecule has 10 heteroatoms. The Hall–Kier alpha value is -3.95. The zero-order chi connectivity index (χ0) is 26.2. The molecule has 1 unspecified atom stereocenters. The zero-order valence-electron chi connectivity index (χ0n) is 20.3. The Morgan fingerprint density at radius 3 is 2.32 bits per heavy atom. The van der Waals surface area contributed by atoms with Crippen LogP contribution in [0, 0.1) is 5.92 Å². The fourth-order valence-electron chi connectivity index (χ4n) is 4.22. The maximum atomic E-state index is 13.1. The largest absolute Gasteiger partial charge is 0.441 e. The highest BCUT2D eigenvalue weighted by Crippen LogP contribution is 2.33. The first-order chi connectivity index (χ1) is 17.9. The van der Waals surface area contributed by atoms with E-state index in [4.69, 9.17) is 16.3 Å². The van der Waals surface area contributed by atoms with E-state index in [-0.39, 0.29) is 23.4 Å². The van der Waals surface area contributed by atoms with E-state index in [2.05, 4.69) is 26.3 Å². The van der Waals surface area contributed by atoms with Gasteiger partial charge in [-0.2, -0.15) is 0 Å². The molecule has 0 aliphatic carbocycles. The third-order valence-electron chi connectivity index (χ3n) is 6.01. The number of carbonyl (C=O) groups excluding carboxylic acids is 3. The van der Waals surface area contributed by atoms with Crippen molar-refractivity contribution in [1.82, 2.24) is 10.3 Å². The number of pyridine rings is 1. The topological polar surface area (TPSA) is 121 Å². The van der Waals surface area contributed by atoms with Crippen molar-refractivity contribution in [2.75, 3.05) is 29.0 Å². The van der Waals surface area contributed by atoms with Crippen LogP contribution in [-0.4, -0.2) is 36.0 Å². The Balaban J connectivity index is 1.56. The van der Waals surface area contributed by atoms with E-state index < -0.39 is 12.2 Å². The van der Waals surface area contributed by atoms with E-state index in [9.17, 15) is 14.4 Å². The van der Waals surface area contributed by atoms with Gasteiger partial charge in [0, 0.05) is 41.5 Å². The van der Waals surface area contributed by atoms with Crippen molar-refractivity contribution in [2.24, 2.45) is 5.92 Å². The highest BCUT2D eigenvalue weighted by atomic mass is 35.5. The summed E-state index contributed by atoms with van der Waals surface area (Å²) in [4.78, 5) is 41.6. The molecule has 4 rings (SSSR count). The van der Waals surface area contributed by atoms with Crippen LogP contribution in [0.25, 0.3) is 0 Å². The average Bonchev–Trinajstić information content (AvgIpc) is 2.90. The number of ether oxygens (including phenoxy) is 1. The lowest BCUT2D eigenvalue weighted by Crippen LogP contribution is -2.33. The van der Waals surface area contributed by atoms with Gasteiger partial charge < -0.3 is 20.7 Å². The molecule has 2 heterocycles. The monoisotopic (exact) mass is 521 g/mol. The summed E-state index contributed by atoms with van der Waals surface area (Å²) in [6.45, 7) is 3.07. The Bertz CT molecular complexity index is 1250. The quantitative estimate of drug-likeness (QED) is 0.337. The van der Waals surface area contributed by atoms with Crippen molar-refractivity contribution in [3.8, 4) is 0 Å². The van der Waals surface area contributed by atoms with Gasteiger partial charge in [-0.15, -0.1) is 0 Å². The Labute approximate surface area is 220 Å². The number of rotatable bonds is 7. The summed E-state index contributed by atoms with van der Waals surface area (Å²) >= 11 is 5.93. The molecule has 0 saturated carbocycles. The van der Waals surface area contributed by atoms with Gasteiger partial charge in [0.1, 0.15) is 6.10 Å². The van der Waals surface area contributed by atoms with Crippen molar-refractivity contribution in [2.45, 2.75) is 25.9 Å². The second kappa shape index (κ2) is 12.3. The molecule has 3 amide bonds. The smallest absolute Gasteiger partial charge is 0.412 e. The molecule has 0 radical (unpaired) electrons. The molecule has 9 nitrogen and oxygen atoms in total. The minimum Gasteiger partial charge on any atom is -0.441 e. The van der Waals surface area contributed by atoms with Crippen molar-refractivity contribution in [3.63, 3.8) is 0 Å². The number of nitrogens with zero attached hydrogens (tertiary/aromatic N) is 1. The molecule has 3 aromatic rings. The molecule has 1 aromatic heterocycles. The van der Waals surface area contributed by atoms with Gasteiger partial charge in [-0.3, -0.25) is 19.9 Å². The van der Waals surface area contributed by atoms with Gasteiger partial charge in [-0.25, -0.2) is 4.79 Å². The molecule has 37 heavy (non-hydrogen) atoms. The molecular weight excluding hydrogens is 494 g/mol. The number of piperidine rings is 1. The molecule has 1 fully saturated rings. The maximum Gasteiger partial charge on any atom is 0.412 e. The van der Waals surface area contributed by atoms with Crippen LogP contribution < -0.4 is 21.3 Å². The molecule has 4 N–H and O–H groups in total. The summed E-state index contributed by atoms with van der Waals surface area (Å²) in [6.07, 6.45) is 3.93. The molecule has 0 spiro atoms. The van der Waals surface area contributed by atoms with Gasteiger partial charge in [0.15, 0.2) is 0 Å². The molecule has 192 valence electrons. The minimum atomic E-state index is -0.678. The second-order valence-corrected chi connectivity index (χ2v) is 9.16. The lowest BCUT2D eigenvalue weighted by molar-refractivity contribution is -0.114. The first kappa shape index (κ1) is 26.1. The summed E-state index contributed by atoms with van der Waals surface area (Å²) in [6, 6.07) is 14.9. The molecule has 2 aromatic carbocycles. The SMILES string of the molecule is CC(=O)Nc1ccc(NC(=O)c2ccc(Cl)cc2)c(NC(=O)OC(c2ccncc2)C2CCNCC2)c1. The van der Waals surface area contributed by atoms with Crippen molar-refractivity contribution < 1.29 is 19.1 Å². The van der Waals surface area contributed by atoms with E-state index in [1.165, 1.54) is 6.92 Å². The number of amides is 3. The molecule has 1 aliphatic heterocycles. The number of halogens is 1. The summed E-state index contributed by atoms with van der Waals surface area (Å²) in [7, 11) is 0. The number of carbonyl (C=O) groups is 3. The fourth-order valence-corrected chi connectivity index (χ4v) is 4.35. The fraction of sp³-hybridized carbons (Fsp3) is 0.259. The van der Waals surface area contributed by atoms with Crippen LogP contribution in [0.15, 0.2) is 67.0 Å². The first-order valence-electron chi connectivity index (χ1n) is 12.0. The van der Waals surface area contributed by atoms with Crippen molar-refractivity contribution >= 4 is 46.6 Å². The van der Waals surface area contributed by atoms with Gasteiger partial charge in [-0.1, -0.05) is 11.6 Å². The third kappa shape index (κ3) is 7.28. The number of benzene rings is 2. The highest BCUT2D eigenvalue weighted by Gasteiger charge is 2.29. The summed E-state index contributed by atoms with van der Waals surface area (Å²) < 4.78 is 5.94. The van der Waals surface area contributed by atoms with Crippen molar-refractivity contribution in [1.29, 1.82) is 0 Å². The van der Waals surface area contributed by atoms with Gasteiger partial charge in [0.05, 0.1) is 11.4 Å². The number of hydrogen-bond donors (Lipinski definition) is 4. The van der Waals surface area contributed by atoms with Gasteiger partial charge in [0.2, 0.25) is 5.91 Å². The zero-order valence-corrected chi connectivity index (χ0v) is 21.0. The first-order valence-corrected chi connectivity index (χ1v) is 12.3. The predicted molar refractivity (Wildman–Crippen MR) is 143 cm³/mol. The number of aromatic nitrogens is 1. The van der Waals surface area contributed by atoms with E-state index >= 15 is 0 Å². The molecule has 0 bridgehead atoms. The number of nitrogens with one attached hydrogen (secondary N) is 4. The Morgan fingerprint density at radius 2 is 1.65 bits per heavy atom. The predicted octanol–water partition coefficient (Wildman–Crippen LogP) is 5.24. The molecular formula is C27H28ClN5O4. The lowest BCUT2D eigenvalue weighted by Gasteiger charge is -2.30. The molecule has 1 aliphatic rings. The van der Waals surface area contributed by atoms with E-state index in [0.29, 0.717) is 22.0 Å². The van der Waals surface area contributed by atoms with Gasteiger partial charge >= 0.3 is 6.09 Å². The van der Waals surface area contributed by atoms with Crippen molar-refractivity contribution in [3.05, 3.63) is 83.1 Å². The lowest BCUT2D eigenvalue weighted by atomic mass is 9.88. The number of hydrogen-bond acceptors (Lipinski definition) is 6. The standard InChI is InChI=1S/C27H28ClN5O4/c1-17(34)31-22-6-7-23(32-26(35)20-2-4-21(28)5-3-20)24(16-22)33-27(36)37-25(18-8-12-29-13-9-18)19-10-14-30-15-11-19/h2-9,12-13,16,19,25,30H,10-11,14-15H2,1H3,(H,31,34)(H,32,35)(H,33,36). The van der Waals surface area contributed by atoms with Gasteiger partial charge in [-0.05, 0) is 86.1 Å². The Kier molecular flexibility index (Phi) is 8.71. The summed E-state index contributed by atoms with van der Waals surface area (Å²) in [5, 5.41) is 12.1. The molecule has 1 atom stereocenters. The van der Waals surface area contributed by atoms with Crippen LogP contribution in [0.3, 0.4) is 0 Å². The second-order valence-electron chi connectivity index (χ2n) is 8.72. The van der Waals surface area contributed by atoms with Crippen LogP contribution >= 0.6 is 11.6 Å². The van der Waals surface area contributed by atoms with Crippen LogP contribution in [0.1, 0.15) is 41.8 Å². The van der Waals surface area contributed by atoms with Crippen LogP contribution in [0.4, 0.5) is 21.9 Å². The average molecular weight is 522 g/mol. The van der Waals surface area contributed by atoms with Gasteiger partial charge in [0.25, 0.3) is 5.91 Å². The normalized spacial score (nSPS) is 14.3. The number of anilines is 3. The maximum absolute atomic E-state index is 13.1. The highest BCUT2D eigenvalue weighted by molar-refractivity contribution is 6.30. The Morgan fingerprint density at radius 1 is 0.946 bits per heavy atom. The van der Waals surface area contributed by atoms with E-state index in [1.807, 2.05) is 12.1 Å². The van der Waals surface area contributed by atoms with E-state index in [0.717, 1.165) is 31.5 Å². The molecule has 1 saturated heterocycles. The minimum absolute atomic E-state index is 0.143. The summed E-state index contributed by atoms with van der Waals surface area (Å²) in [5.74, 6) is -0.510. The third-order valence-corrected chi connectivity index (χ3v) is 6.26. The van der Waals surface area contributed by atoms with Crippen LogP contribution in [-0.2, 0) is 9.53 Å². The van der Waals surface area contributed by atoms with Crippen LogP contribution in [0.5, 0.6) is 0 Å². The van der Waals surface area contributed by atoms with Crippen LogP contribution in [0.2, 0.25) is 5.02 Å².